The molecule has 11 heteroatoms. The van der Waals surface area contributed by atoms with E-state index in [9.17, 15) is 19.2 Å². The molecule has 0 unspecified atom stereocenters. The molecule has 0 N–H and O–H groups in total. The third-order valence-electron chi connectivity index (χ3n) is 3.88. The van der Waals surface area contributed by atoms with Crippen LogP contribution in [0.1, 0.15) is 90.9 Å². The Bertz CT molecular complexity index is 461. The Morgan fingerprint density at radius 3 is 1.03 bits per heavy atom. The number of carbonyl (C=O) groups excluding carboxylic acids is 4. The zero-order chi connectivity index (χ0) is 28.5. The number of ether oxygens (including phenoxy) is 4. The van der Waals surface area contributed by atoms with E-state index in [4.69, 9.17) is 9.47 Å². The van der Waals surface area contributed by atoms with E-state index in [1.807, 2.05) is 0 Å². The van der Waals surface area contributed by atoms with Gasteiger partial charge in [-0.15, -0.1) is 0 Å². The second kappa shape index (κ2) is 42.5. The summed E-state index contributed by atoms with van der Waals surface area (Å²) in [6, 6.07) is 0. The van der Waals surface area contributed by atoms with E-state index >= 15 is 0 Å². The van der Waals surface area contributed by atoms with E-state index in [0.29, 0.717) is 76.1 Å². The number of rotatable bonds is 16. The first-order valence-corrected chi connectivity index (χ1v) is 13.6. The first kappa shape index (κ1) is 46.2. The summed E-state index contributed by atoms with van der Waals surface area (Å²) in [5, 5.41) is 0. The molecule has 37 heavy (non-hydrogen) atoms. The Balaban J connectivity index is -0.000000140. The smallest absolute Gasteiger partial charge is 0.305 e. The maximum atomic E-state index is 10.9. The van der Waals surface area contributed by atoms with Gasteiger partial charge in [0.25, 0.3) is 0 Å². The SMILES string of the molecule is COC(=O)CCCCC(=O)OCC[S].COC(=O)CCCCC(=O)OCC[S].[CH2]CCC.[CH2]CCC.[Sn]. The predicted octanol–water partition coefficient (Wildman–Crippen LogP) is 5.78. The van der Waals surface area contributed by atoms with Crippen LogP contribution in [0.4, 0.5) is 0 Å². The molecule has 0 bridgehead atoms. The van der Waals surface area contributed by atoms with Crippen LogP contribution >= 0.6 is 25.3 Å². The molecule has 0 saturated heterocycles. The Hall–Kier alpha value is -0.621. The van der Waals surface area contributed by atoms with E-state index in [1.165, 1.54) is 27.1 Å². The van der Waals surface area contributed by atoms with Crippen molar-refractivity contribution >= 4 is 73.0 Å². The van der Waals surface area contributed by atoms with Gasteiger partial charge < -0.3 is 18.9 Å². The number of hydrogen-bond acceptors (Lipinski definition) is 8. The van der Waals surface area contributed by atoms with Gasteiger partial charge in [-0.2, -0.15) is 0 Å². The summed E-state index contributed by atoms with van der Waals surface area (Å²) in [4.78, 5) is 43.2. The van der Waals surface area contributed by atoms with E-state index in [2.05, 4.69) is 62.4 Å². The molecule has 0 aromatic heterocycles. The molecule has 0 rings (SSSR count). The van der Waals surface area contributed by atoms with Crippen molar-refractivity contribution in [1.82, 2.24) is 0 Å². The molecule has 0 aliphatic carbocycles. The summed E-state index contributed by atoms with van der Waals surface area (Å²) >= 11 is 9.23. The van der Waals surface area contributed by atoms with Gasteiger partial charge in [0, 0.05) is 61.1 Å². The van der Waals surface area contributed by atoms with Crippen molar-refractivity contribution in [3.8, 4) is 0 Å². The van der Waals surface area contributed by atoms with Crippen molar-refractivity contribution in [2.75, 3.05) is 38.9 Å². The molecular formula is C26H48O8S2Sn. The Morgan fingerprint density at radius 2 is 0.838 bits per heavy atom. The number of esters is 4. The molecule has 8 nitrogen and oxygen atoms in total. The molecule has 0 saturated carbocycles. The molecule has 0 spiro atoms. The predicted molar refractivity (Wildman–Crippen MR) is 154 cm³/mol. The van der Waals surface area contributed by atoms with E-state index in [-0.39, 0.29) is 47.8 Å². The largest absolute Gasteiger partial charge is 0.469 e. The van der Waals surface area contributed by atoms with Crippen LogP contribution in [-0.2, 0) is 38.1 Å². The van der Waals surface area contributed by atoms with Gasteiger partial charge in [0.1, 0.15) is 13.2 Å². The van der Waals surface area contributed by atoms with Gasteiger partial charge in [0.2, 0.25) is 0 Å². The zero-order valence-electron chi connectivity index (χ0n) is 23.3. The molecular weight excluding hydrogens is 623 g/mol. The summed E-state index contributed by atoms with van der Waals surface area (Å²) in [7, 11) is 2.69. The number of methoxy groups -OCH3 is 2. The van der Waals surface area contributed by atoms with Gasteiger partial charge in [-0.1, -0.05) is 78.6 Å². The molecule has 0 aromatic rings. The summed E-state index contributed by atoms with van der Waals surface area (Å²) in [6.07, 6.45) is 8.52. The average molecular weight is 672 g/mol. The first-order valence-electron chi connectivity index (χ1n) is 12.4. The van der Waals surface area contributed by atoms with Crippen molar-refractivity contribution in [1.29, 1.82) is 0 Å². The number of hydrogen-bond donors (Lipinski definition) is 0. The van der Waals surface area contributed by atoms with Crippen LogP contribution in [-0.4, -0.2) is 86.7 Å². The standard InChI is InChI=1S/2C9H15O4S.2C4H9.Sn/c2*1-12-8(10)4-2-3-5-9(11)13-6-7-14;2*1-3-4-2;/h2*2-7H2,1H3;2*1,3-4H2,2H3;. The minimum Gasteiger partial charge on any atom is -0.469 e. The van der Waals surface area contributed by atoms with Crippen LogP contribution in [0.25, 0.3) is 0 Å². The zero-order valence-corrected chi connectivity index (χ0v) is 27.8. The van der Waals surface area contributed by atoms with E-state index < -0.39 is 0 Å². The number of carbonyl (C=O) groups is 4. The second-order valence-corrected chi connectivity index (χ2v) is 7.94. The van der Waals surface area contributed by atoms with Gasteiger partial charge >= 0.3 is 23.9 Å². The molecule has 216 valence electrons. The fourth-order valence-corrected chi connectivity index (χ4v) is 1.90. The van der Waals surface area contributed by atoms with E-state index in [0.717, 1.165) is 12.8 Å². The molecule has 0 heterocycles. The molecule has 0 aliphatic heterocycles. The quantitative estimate of drug-likeness (QED) is 0.0881. The third kappa shape index (κ3) is 52.6. The normalized spacial score (nSPS) is 8.86. The van der Waals surface area contributed by atoms with Crippen LogP contribution in [0.2, 0.25) is 0 Å². The molecule has 0 atom stereocenters. The topological polar surface area (TPSA) is 105 Å². The Labute approximate surface area is 253 Å². The summed E-state index contributed by atoms with van der Waals surface area (Å²) in [5.74, 6) is -0.144. The maximum absolute atomic E-state index is 10.9. The van der Waals surface area contributed by atoms with Crippen LogP contribution in [0.3, 0.4) is 0 Å². The van der Waals surface area contributed by atoms with Crippen LogP contribution in [0.5, 0.6) is 0 Å². The van der Waals surface area contributed by atoms with Crippen LogP contribution in [0, 0.1) is 13.8 Å². The van der Waals surface area contributed by atoms with Gasteiger partial charge in [0.05, 0.1) is 14.2 Å². The molecule has 0 aromatic carbocycles. The van der Waals surface area contributed by atoms with Crippen molar-refractivity contribution in [3.63, 3.8) is 0 Å². The minimum atomic E-state index is -0.250. The monoisotopic (exact) mass is 672 g/mol. The Kier molecular flexibility index (Phi) is 53.1. The van der Waals surface area contributed by atoms with Crippen molar-refractivity contribution in [2.24, 2.45) is 0 Å². The van der Waals surface area contributed by atoms with Gasteiger partial charge in [-0.25, -0.2) is 0 Å². The fraction of sp³-hybridized carbons (Fsp3) is 0.769. The summed E-state index contributed by atoms with van der Waals surface area (Å²) < 4.78 is 18.4. The average Bonchev–Trinajstić information content (AvgIpc) is 2.91. The molecule has 0 aliphatic rings. The van der Waals surface area contributed by atoms with Crippen molar-refractivity contribution in [3.05, 3.63) is 13.8 Å². The molecule has 0 amide bonds. The molecule has 8 radical (unpaired) electrons. The van der Waals surface area contributed by atoms with Crippen LogP contribution < -0.4 is 0 Å². The van der Waals surface area contributed by atoms with E-state index in [1.54, 1.807) is 0 Å². The third-order valence-corrected chi connectivity index (χ3v) is 4.21. The van der Waals surface area contributed by atoms with Crippen molar-refractivity contribution < 1.29 is 38.1 Å². The Morgan fingerprint density at radius 1 is 0.595 bits per heavy atom. The maximum Gasteiger partial charge on any atom is 0.305 e. The fourth-order valence-electron chi connectivity index (χ4n) is 1.74. The van der Waals surface area contributed by atoms with Gasteiger partial charge in [-0.3, -0.25) is 19.2 Å². The van der Waals surface area contributed by atoms with Crippen LogP contribution in [0.15, 0.2) is 0 Å². The minimum absolute atomic E-state index is 0. The second-order valence-electron chi connectivity index (χ2n) is 7.12. The summed E-state index contributed by atoms with van der Waals surface area (Å²) in [6.45, 7) is 12.0. The van der Waals surface area contributed by atoms with Gasteiger partial charge in [0.15, 0.2) is 0 Å². The van der Waals surface area contributed by atoms with Gasteiger partial charge in [-0.05, 0) is 25.7 Å². The summed E-state index contributed by atoms with van der Waals surface area (Å²) in [5.41, 5.74) is 0. The number of unbranched alkanes of at least 4 members (excludes halogenated alkanes) is 4. The van der Waals surface area contributed by atoms with Crippen molar-refractivity contribution in [2.45, 2.75) is 90.9 Å². The first-order chi connectivity index (χ1) is 17.2. The molecule has 0 fully saturated rings.